The molecule has 2 amide bonds. The summed E-state index contributed by atoms with van der Waals surface area (Å²) >= 11 is 6.12. The van der Waals surface area contributed by atoms with Crippen LogP contribution in [0.25, 0.3) is 0 Å². The van der Waals surface area contributed by atoms with E-state index in [-0.39, 0.29) is 17.5 Å². The molecule has 27 heavy (non-hydrogen) atoms. The number of aromatic nitrogens is 1. The Kier molecular flexibility index (Phi) is 5.68. The number of halogens is 1. The maximum absolute atomic E-state index is 12.4. The molecule has 0 atom stereocenters. The van der Waals surface area contributed by atoms with Crippen molar-refractivity contribution in [3.63, 3.8) is 0 Å². The summed E-state index contributed by atoms with van der Waals surface area (Å²) in [4.78, 5) is 27.7. The van der Waals surface area contributed by atoms with Crippen LogP contribution >= 0.6 is 11.6 Å². The number of hydrogen-bond acceptors (Lipinski definition) is 4. The Labute approximate surface area is 161 Å². The molecule has 0 radical (unpaired) electrons. The lowest BCUT2D eigenvalue weighted by atomic mass is 10.2. The molecule has 0 spiro atoms. The summed E-state index contributed by atoms with van der Waals surface area (Å²) in [7, 11) is 0. The molecular weight excluding hydrogens is 364 g/mol. The number of carbonyl (C=O) groups excluding carboxylic acids is 2. The Balaban J connectivity index is 1.67. The zero-order valence-corrected chi connectivity index (χ0v) is 15.2. The molecule has 1 heterocycles. The van der Waals surface area contributed by atoms with Gasteiger partial charge in [0, 0.05) is 18.3 Å². The van der Waals surface area contributed by atoms with E-state index in [0.717, 1.165) is 5.69 Å². The summed E-state index contributed by atoms with van der Waals surface area (Å²) in [6.07, 6.45) is 1.56. The minimum absolute atomic E-state index is 0.179. The van der Waals surface area contributed by atoms with E-state index in [9.17, 15) is 9.59 Å². The zero-order chi connectivity index (χ0) is 19.2. The Morgan fingerprint density at radius 2 is 1.63 bits per heavy atom. The summed E-state index contributed by atoms with van der Waals surface area (Å²) in [6, 6.07) is 17.6. The van der Waals surface area contributed by atoms with Crippen molar-refractivity contribution in [2.24, 2.45) is 0 Å². The summed E-state index contributed by atoms with van der Waals surface area (Å²) in [5.41, 5.74) is 2.91. The molecule has 0 aliphatic carbocycles. The summed E-state index contributed by atoms with van der Waals surface area (Å²) in [5, 5.41) is 9.17. The summed E-state index contributed by atoms with van der Waals surface area (Å²) < 4.78 is 0. The molecule has 2 aromatic carbocycles. The molecule has 0 fully saturated rings. The molecule has 0 bridgehead atoms. The molecular formula is C20H17ClN4O2. The largest absolute Gasteiger partial charge is 0.353 e. The van der Waals surface area contributed by atoms with Gasteiger partial charge < -0.3 is 16.0 Å². The monoisotopic (exact) mass is 380 g/mol. The Morgan fingerprint density at radius 3 is 2.30 bits per heavy atom. The standard InChI is InChI=1S/C20H17ClN4O2/c1-13(26)23-14-5-4-6-15(11-14)25-20(27)19-10-9-16(12-22-19)24-18-8-3-2-7-17(18)21/h2-12,24H,1H3,(H,23,26)(H,25,27). The predicted octanol–water partition coefficient (Wildman–Crippen LogP) is 4.69. The molecule has 136 valence electrons. The molecule has 0 aliphatic rings. The normalized spacial score (nSPS) is 10.1. The lowest BCUT2D eigenvalue weighted by molar-refractivity contribution is -0.114. The second kappa shape index (κ2) is 8.33. The number of rotatable bonds is 5. The van der Waals surface area contributed by atoms with E-state index in [1.165, 1.54) is 6.92 Å². The molecule has 3 aromatic rings. The first-order valence-electron chi connectivity index (χ1n) is 8.18. The van der Waals surface area contributed by atoms with E-state index in [0.29, 0.717) is 22.1 Å². The summed E-state index contributed by atoms with van der Waals surface area (Å²) in [6.45, 7) is 1.42. The van der Waals surface area contributed by atoms with Gasteiger partial charge in [-0.2, -0.15) is 0 Å². The quantitative estimate of drug-likeness (QED) is 0.599. The molecule has 3 rings (SSSR count). The van der Waals surface area contributed by atoms with Crippen LogP contribution in [0.3, 0.4) is 0 Å². The third-order valence-corrected chi connectivity index (χ3v) is 3.92. The van der Waals surface area contributed by atoms with Crippen LogP contribution in [0.2, 0.25) is 5.02 Å². The van der Waals surface area contributed by atoms with Gasteiger partial charge in [-0.1, -0.05) is 29.8 Å². The molecule has 0 saturated carbocycles. The van der Waals surface area contributed by atoms with E-state index in [4.69, 9.17) is 11.6 Å². The van der Waals surface area contributed by atoms with Crippen LogP contribution in [0.5, 0.6) is 0 Å². The number of nitrogens with zero attached hydrogens (tertiary/aromatic N) is 1. The fourth-order valence-corrected chi connectivity index (χ4v) is 2.58. The molecule has 7 heteroatoms. The smallest absolute Gasteiger partial charge is 0.274 e. The predicted molar refractivity (Wildman–Crippen MR) is 108 cm³/mol. The second-order valence-electron chi connectivity index (χ2n) is 5.75. The van der Waals surface area contributed by atoms with E-state index < -0.39 is 0 Å². The highest BCUT2D eigenvalue weighted by Crippen LogP contribution is 2.24. The van der Waals surface area contributed by atoms with Gasteiger partial charge in [0.25, 0.3) is 5.91 Å². The average Bonchev–Trinajstić information content (AvgIpc) is 2.64. The van der Waals surface area contributed by atoms with Gasteiger partial charge in [0.1, 0.15) is 5.69 Å². The number of benzene rings is 2. The van der Waals surface area contributed by atoms with Crippen LogP contribution in [0.4, 0.5) is 22.7 Å². The topological polar surface area (TPSA) is 83.1 Å². The van der Waals surface area contributed by atoms with Gasteiger partial charge in [-0.3, -0.25) is 9.59 Å². The SMILES string of the molecule is CC(=O)Nc1cccc(NC(=O)c2ccc(Nc3ccccc3Cl)cn2)c1. The molecule has 1 aromatic heterocycles. The molecule has 6 nitrogen and oxygen atoms in total. The van der Waals surface area contributed by atoms with E-state index in [2.05, 4.69) is 20.9 Å². The highest BCUT2D eigenvalue weighted by atomic mass is 35.5. The maximum Gasteiger partial charge on any atom is 0.274 e. The number of hydrogen-bond donors (Lipinski definition) is 3. The van der Waals surface area contributed by atoms with Gasteiger partial charge >= 0.3 is 0 Å². The molecule has 0 saturated heterocycles. The van der Waals surface area contributed by atoms with Crippen molar-refractivity contribution in [3.8, 4) is 0 Å². The second-order valence-corrected chi connectivity index (χ2v) is 6.16. The van der Waals surface area contributed by atoms with Crippen LogP contribution in [-0.2, 0) is 4.79 Å². The molecule has 3 N–H and O–H groups in total. The van der Waals surface area contributed by atoms with Gasteiger partial charge in [0.2, 0.25) is 5.91 Å². The Hall–Kier alpha value is -3.38. The lowest BCUT2D eigenvalue weighted by Crippen LogP contribution is -2.14. The van der Waals surface area contributed by atoms with E-state index >= 15 is 0 Å². The van der Waals surface area contributed by atoms with Crippen molar-refractivity contribution in [1.82, 2.24) is 4.98 Å². The van der Waals surface area contributed by atoms with Crippen LogP contribution in [0.1, 0.15) is 17.4 Å². The zero-order valence-electron chi connectivity index (χ0n) is 14.5. The maximum atomic E-state index is 12.4. The van der Waals surface area contributed by atoms with Crippen molar-refractivity contribution >= 4 is 46.2 Å². The van der Waals surface area contributed by atoms with Gasteiger partial charge in [-0.05, 0) is 42.5 Å². The number of pyridine rings is 1. The van der Waals surface area contributed by atoms with E-state index in [1.54, 1.807) is 48.7 Å². The first-order chi connectivity index (χ1) is 13.0. The lowest BCUT2D eigenvalue weighted by Gasteiger charge is -2.09. The first-order valence-corrected chi connectivity index (χ1v) is 8.56. The number of para-hydroxylation sites is 1. The highest BCUT2D eigenvalue weighted by molar-refractivity contribution is 6.33. The van der Waals surface area contributed by atoms with Crippen LogP contribution in [0.15, 0.2) is 66.9 Å². The van der Waals surface area contributed by atoms with Crippen LogP contribution < -0.4 is 16.0 Å². The van der Waals surface area contributed by atoms with Gasteiger partial charge in [0.05, 0.1) is 22.6 Å². The minimum atomic E-state index is -0.348. The first kappa shape index (κ1) is 18.4. The van der Waals surface area contributed by atoms with E-state index in [1.807, 2.05) is 18.2 Å². The molecule has 0 unspecified atom stereocenters. The fourth-order valence-electron chi connectivity index (χ4n) is 2.39. The number of nitrogens with one attached hydrogen (secondary N) is 3. The van der Waals surface area contributed by atoms with Crippen LogP contribution in [-0.4, -0.2) is 16.8 Å². The summed E-state index contributed by atoms with van der Waals surface area (Å²) in [5.74, 6) is -0.527. The van der Waals surface area contributed by atoms with Gasteiger partial charge in [-0.25, -0.2) is 4.98 Å². The number of carbonyl (C=O) groups is 2. The Bertz CT molecular complexity index is 974. The van der Waals surface area contributed by atoms with Gasteiger partial charge in [-0.15, -0.1) is 0 Å². The third kappa shape index (κ3) is 5.05. The van der Waals surface area contributed by atoms with Crippen molar-refractivity contribution < 1.29 is 9.59 Å². The fraction of sp³-hybridized carbons (Fsp3) is 0.0500. The van der Waals surface area contributed by atoms with Crippen molar-refractivity contribution in [1.29, 1.82) is 0 Å². The average molecular weight is 381 g/mol. The third-order valence-electron chi connectivity index (χ3n) is 3.59. The minimum Gasteiger partial charge on any atom is -0.353 e. The highest BCUT2D eigenvalue weighted by Gasteiger charge is 2.09. The number of anilines is 4. The molecule has 0 aliphatic heterocycles. The number of amides is 2. The van der Waals surface area contributed by atoms with Crippen molar-refractivity contribution in [2.45, 2.75) is 6.92 Å². The Morgan fingerprint density at radius 1 is 0.889 bits per heavy atom. The van der Waals surface area contributed by atoms with Gasteiger partial charge in [0.15, 0.2) is 0 Å². The van der Waals surface area contributed by atoms with Crippen LogP contribution in [0, 0.1) is 0 Å². The van der Waals surface area contributed by atoms with Crippen molar-refractivity contribution in [2.75, 3.05) is 16.0 Å². The van der Waals surface area contributed by atoms with Crippen molar-refractivity contribution in [3.05, 3.63) is 77.6 Å².